The molecule has 0 amide bonds. The van der Waals surface area contributed by atoms with E-state index in [2.05, 4.69) is 41.5 Å². The molecule has 0 unspecified atom stereocenters. The zero-order valence-electron chi connectivity index (χ0n) is 9.89. The Labute approximate surface area is 82.1 Å². The van der Waals surface area contributed by atoms with E-state index in [0.29, 0.717) is 0 Å². The fourth-order valence-corrected chi connectivity index (χ4v) is 1.87. The van der Waals surface area contributed by atoms with Crippen LogP contribution in [0.1, 0.15) is 41.5 Å². The quantitative estimate of drug-likeness (QED) is 0.539. The van der Waals surface area contributed by atoms with Gasteiger partial charge in [-0.1, -0.05) is 13.8 Å². The molecule has 0 aromatic heterocycles. The molecule has 1 saturated heterocycles. The van der Waals surface area contributed by atoms with E-state index in [1.165, 1.54) is 0 Å². The third-order valence-electron chi connectivity index (χ3n) is 3.93. The molecule has 1 aliphatic rings. The number of hydrogen-bond donors (Lipinski definition) is 0. The van der Waals surface area contributed by atoms with Crippen LogP contribution in [-0.4, -0.2) is 18.3 Å². The Kier molecular flexibility index (Phi) is 2.33. The van der Waals surface area contributed by atoms with E-state index in [9.17, 15) is 0 Å². The van der Waals surface area contributed by atoms with E-state index >= 15 is 0 Å². The standard InChI is InChI=1S/C10H21BO2/c1-8(2)9(3,4)12-11(7)13-10(8,5)6/h1-7H3. The Morgan fingerprint density at radius 3 is 1.38 bits per heavy atom. The van der Waals surface area contributed by atoms with Crippen molar-refractivity contribution in [3.05, 3.63) is 0 Å². The van der Waals surface area contributed by atoms with Crippen LogP contribution in [0.3, 0.4) is 0 Å². The highest BCUT2D eigenvalue weighted by Gasteiger charge is 2.55. The van der Waals surface area contributed by atoms with E-state index in [0.717, 1.165) is 0 Å². The van der Waals surface area contributed by atoms with Crippen LogP contribution in [-0.2, 0) is 9.31 Å². The average molecular weight is 184 g/mol. The molecule has 3 heteroatoms. The minimum atomic E-state index is -0.145. The van der Waals surface area contributed by atoms with Crippen molar-refractivity contribution >= 4 is 7.12 Å². The first kappa shape index (κ1) is 11.1. The molecule has 0 aromatic rings. The maximum Gasteiger partial charge on any atom is 0.454 e. The predicted molar refractivity (Wildman–Crippen MR) is 55.7 cm³/mol. The minimum absolute atomic E-state index is 0.00646. The molecule has 0 bridgehead atoms. The van der Waals surface area contributed by atoms with Crippen molar-refractivity contribution in [2.75, 3.05) is 0 Å². The normalized spacial score (nSPS) is 30.2. The second-order valence-electron chi connectivity index (χ2n) is 5.45. The SMILES string of the molecule is CB1OC(C)(C)C(C)(C)C(C)(C)O1. The van der Waals surface area contributed by atoms with Gasteiger partial charge in [-0.05, 0) is 34.5 Å². The van der Waals surface area contributed by atoms with Gasteiger partial charge in [-0.25, -0.2) is 0 Å². The summed E-state index contributed by atoms with van der Waals surface area (Å²) in [4.78, 5) is 0. The van der Waals surface area contributed by atoms with Crippen LogP contribution in [0.4, 0.5) is 0 Å². The Morgan fingerprint density at radius 1 is 0.769 bits per heavy atom. The Morgan fingerprint density at radius 2 is 1.08 bits per heavy atom. The Balaban J connectivity index is 3.03. The van der Waals surface area contributed by atoms with Gasteiger partial charge in [0.15, 0.2) is 0 Å². The molecule has 0 saturated carbocycles. The van der Waals surface area contributed by atoms with Crippen LogP contribution < -0.4 is 0 Å². The number of hydrogen-bond acceptors (Lipinski definition) is 2. The van der Waals surface area contributed by atoms with E-state index in [1.54, 1.807) is 0 Å². The lowest BCUT2D eigenvalue weighted by Crippen LogP contribution is -2.63. The topological polar surface area (TPSA) is 18.5 Å². The van der Waals surface area contributed by atoms with Crippen LogP contribution in [0.2, 0.25) is 6.82 Å². The van der Waals surface area contributed by atoms with Crippen LogP contribution in [0, 0.1) is 5.41 Å². The first-order valence-corrected chi connectivity index (χ1v) is 4.96. The Bertz CT molecular complexity index is 189. The van der Waals surface area contributed by atoms with Crippen molar-refractivity contribution < 1.29 is 9.31 Å². The molecular weight excluding hydrogens is 163 g/mol. The molecule has 0 N–H and O–H groups in total. The lowest BCUT2D eigenvalue weighted by atomic mass is 9.62. The molecule has 0 aromatic carbocycles. The van der Waals surface area contributed by atoms with Crippen molar-refractivity contribution in [1.82, 2.24) is 0 Å². The summed E-state index contributed by atoms with van der Waals surface area (Å²) in [5.41, 5.74) is -0.283. The molecule has 1 rings (SSSR count). The van der Waals surface area contributed by atoms with Crippen molar-refractivity contribution in [3.8, 4) is 0 Å². The van der Waals surface area contributed by atoms with Crippen LogP contribution in [0.15, 0.2) is 0 Å². The molecule has 2 nitrogen and oxygen atoms in total. The lowest BCUT2D eigenvalue weighted by Gasteiger charge is -2.57. The maximum absolute atomic E-state index is 5.80. The summed E-state index contributed by atoms with van der Waals surface area (Å²) in [5.74, 6) is 0. The Hall–Kier alpha value is -0.0151. The third-order valence-corrected chi connectivity index (χ3v) is 3.93. The van der Waals surface area contributed by atoms with Crippen molar-refractivity contribution in [3.63, 3.8) is 0 Å². The van der Waals surface area contributed by atoms with Crippen LogP contribution >= 0.6 is 0 Å². The van der Waals surface area contributed by atoms with Gasteiger partial charge in [0.1, 0.15) is 0 Å². The van der Waals surface area contributed by atoms with Gasteiger partial charge in [-0.3, -0.25) is 0 Å². The average Bonchev–Trinajstić information content (AvgIpc) is 1.80. The van der Waals surface area contributed by atoms with Gasteiger partial charge in [-0.2, -0.15) is 0 Å². The monoisotopic (exact) mass is 184 g/mol. The summed E-state index contributed by atoms with van der Waals surface area (Å²) in [6, 6.07) is 0. The summed E-state index contributed by atoms with van der Waals surface area (Å²) in [6.45, 7) is 14.9. The third kappa shape index (κ3) is 1.53. The first-order valence-electron chi connectivity index (χ1n) is 4.96. The van der Waals surface area contributed by atoms with Gasteiger partial charge >= 0.3 is 7.12 Å². The summed E-state index contributed by atoms with van der Waals surface area (Å²) in [5, 5.41) is 0. The van der Waals surface area contributed by atoms with Crippen LogP contribution in [0.5, 0.6) is 0 Å². The zero-order valence-corrected chi connectivity index (χ0v) is 9.89. The van der Waals surface area contributed by atoms with Crippen molar-refractivity contribution in [1.29, 1.82) is 0 Å². The predicted octanol–water partition coefficient (Wildman–Crippen LogP) is 2.73. The molecule has 76 valence electrons. The maximum atomic E-state index is 5.80. The number of rotatable bonds is 0. The van der Waals surface area contributed by atoms with Gasteiger partial charge < -0.3 is 9.31 Å². The largest absolute Gasteiger partial charge is 0.454 e. The molecule has 0 spiro atoms. The molecule has 13 heavy (non-hydrogen) atoms. The van der Waals surface area contributed by atoms with E-state index in [4.69, 9.17) is 9.31 Å². The fraction of sp³-hybridized carbons (Fsp3) is 1.00. The van der Waals surface area contributed by atoms with Gasteiger partial charge in [0.05, 0.1) is 11.2 Å². The fourth-order valence-electron chi connectivity index (χ4n) is 1.87. The van der Waals surface area contributed by atoms with Crippen molar-refractivity contribution in [2.45, 2.75) is 59.6 Å². The van der Waals surface area contributed by atoms with E-state index in [1.807, 2.05) is 6.82 Å². The molecule has 0 radical (unpaired) electrons. The highest BCUT2D eigenvalue weighted by atomic mass is 16.6. The molecule has 0 atom stereocenters. The lowest BCUT2D eigenvalue weighted by molar-refractivity contribution is -0.181. The highest BCUT2D eigenvalue weighted by molar-refractivity contribution is 6.43. The summed E-state index contributed by atoms with van der Waals surface area (Å²) in [7, 11) is -0.113. The summed E-state index contributed by atoms with van der Waals surface area (Å²) < 4.78 is 11.6. The van der Waals surface area contributed by atoms with Crippen LogP contribution in [0.25, 0.3) is 0 Å². The first-order chi connectivity index (χ1) is 5.60. The molecule has 0 aliphatic carbocycles. The smallest absolute Gasteiger partial charge is 0.406 e. The molecular formula is C10H21BO2. The van der Waals surface area contributed by atoms with E-state index in [-0.39, 0.29) is 23.7 Å². The second kappa shape index (κ2) is 2.74. The van der Waals surface area contributed by atoms with Gasteiger partial charge in [-0.15, -0.1) is 0 Å². The minimum Gasteiger partial charge on any atom is -0.406 e. The highest BCUT2D eigenvalue weighted by Crippen LogP contribution is 2.48. The van der Waals surface area contributed by atoms with Crippen molar-refractivity contribution in [2.24, 2.45) is 5.41 Å². The second-order valence-corrected chi connectivity index (χ2v) is 5.45. The zero-order chi connectivity index (χ0) is 10.5. The molecule has 1 fully saturated rings. The summed E-state index contributed by atoms with van der Waals surface area (Å²) >= 11 is 0. The van der Waals surface area contributed by atoms with Gasteiger partial charge in [0, 0.05) is 5.41 Å². The van der Waals surface area contributed by atoms with E-state index < -0.39 is 0 Å². The van der Waals surface area contributed by atoms with Gasteiger partial charge in [0.25, 0.3) is 0 Å². The molecule has 1 aliphatic heterocycles. The van der Waals surface area contributed by atoms with Gasteiger partial charge in [0.2, 0.25) is 0 Å². The summed E-state index contributed by atoms with van der Waals surface area (Å²) in [6.07, 6.45) is 0. The molecule has 1 heterocycles.